The summed E-state index contributed by atoms with van der Waals surface area (Å²) in [6.45, 7) is 5.67. The molecule has 0 unspecified atom stereocenters. The first-order chi connectivity index (χ1) is 11.8. The first-order valence-corrected chi connectivity index (χ1v) is 8.61. The molecule has 6 heteroatoms. The molecule has 0 aliphatic rings. The average Bonchev–Trinajstić information content (AvgIpc) is 2.55. The van der Waals surface area contributed by atoms with Gasteiger partial charge in [0.05, 0.1) is 15.6 Å². The van der Waals surface area contributed by atoms with Crippen molar-refractivity contribution in [2.75, 3.05) is 5.32 Å². The van der Waals surface area contributed by atoms with Gasteiger partial charge in [0.15, 0.2) is 6.10 Å². The lowest BCUT2D eigenvalue weighted by Crippen LogP contribution is -2.30. The Hall–Kier alpha value is -2.04. The summed E-state index contributed by atoms with van der Waals surface area (Å²) in [6.07, 6.45) is -0.996. The molecule has 2 rings (SSSR count). The Balaban J connectivity index is 2.01. The summed E-state index contributed by atoms with van der Waals surface area (Å²) in [5.74, 6) is -0.771. The van der Waals surface area contributed by atoms with Crippen molar-refractivity contribution in [2.24, 2.45) is 0 Å². The SMILES string of the molecule is CC(C)c1ccc(NC(=O)[C@@H](C)OC(=O)c2c(Cl)cccc2Cl)cc1. The van der Waals surface area contributed by atoms with E-state index < -0.39 is 18.0 Å². The lowest BCUT2D eigenvalue weighted by Gasteiger charge is -2.15. The molecule has 0 saturated carbocycles. The van der Waals surface area contributed by atoms with E-state index in [0.717, 1.165) is 0 Å². The molecular weight excluding hydrogens is 361 g/mol. The number of ether oxygens (including phenoxy) is 1. The van der Waals surface area contributed by atoms with Crippen LogP contribution in [0, 0.1) is 0 Å². The number of benzene rings is 2. The van der Waals surface area contributed by atoms with Gasteiger partial charge in [-0.3, -0.25) is 4.79 Å². The van der Waals surface area contributed by atoms with Crippen molar-refractivity contribution < 1.29 is 14.3 Å². The minimum atomic E-state index is -0.996. The summed E-state index contributed by atoms with van der Waals surface area (Å²) in [5.41, 5.74) is 1.85. The highest BCUT2D eigenvalue weighted by molar-refractivity contribution is 6.39. The molecule has 0 bridgehead atoms. The number of esters is 1. The van der Waals surface area contributed by atoms with Gasteiger partial charge < -0.3 is 10.1 Å². The Morgan fingerprint density at radius 2 is 1.52 bits per heavy atom. The summed E-state index contributed by atoms with van der Waals surface area (Å²) < 4.78 is 5.17. The van der Waals surface area contributed by atoms with Crippen LogP contribution in [0.3, 0.4) is 0 Å². The van der Waals surface area contributed by atoms with Gasteiger partial charge in [-0.1, -0.05) is 55.2 Å². The monoisotopic (exact) mass is 379 g/mol. The number of carbonyl (C=O) groups excluding carboxylic acids is 2. The summed E-state index contributed by atoms with van der Waals surface area (Å²) in [6, 6.07) is 12.2. The van der Waals surface area contributed by atoms with Crippen LogP contribution in [0.4, 0.5) is 5.69 Å². The van der Waals surface area contributed by atoms with Gasteiger partial charge in [-0.25, -0.2) is 4.79 Å². The molecule has 0 heterocycles. The third-order valence-electron chi connectivity index (χ3n) is 3.66. The molecule has 0 aliphatic carbocycles. The lowest BCUT2D eigenvalue weighted by molar-refractivity contribution is -0.123. The van der Waals surface area contributed by atoms with Gasteiger partial charge in [-0.15, -0.1) is 0 Å². The van der Waals surface area contributed by atoms with Crippen LogP contribution in [0.2, 0.25) is 10.0 Å². The second-order valence-electron chi connectivity index (χ2n) is 5.91. The van der Waals surface area contributed by atoms with Gasteiger partial charge in [0.25, 0.3) is 5.91 Å². The molecule has 0 spiro atoms. The average molecular weight is 380 g/mol. The van der Waals surface area contributed by atoms with Crippen molar-refractivity contribution in [3.05, 3.63) is 63.6 Å². The summed E-state index contributed by atoms with van der Waals surface area (Å²) in [4.78, 5) is 24.4. The number of hydrogen-bond acceptors (Lipinski definition) is 3. The molecule has 4 nitrogen and oxygen atoms in total. The molecule has 25 heavy (non-hydrogen) atoms. The zero-order valence-electron chi connectivity index (χ0n) is 14.2. The van der Waals surface area contributed by atoms with E-state index in [1.54, 1.807) is 6.07 Å². The summed E-state index contributed by atoms with van der Waals surface area (Å²) in [7, 11) is 0. The largest absolute Gasteiger partial charge is 0.449 e. The maximum atomic E-state index is 12.2. The Bertz CT molecular complexity index is 752. The number of anilines is 1. The lowest BCUT2D eigenvalue weighted by atomic mass is 10.0. The van der Waals surface area contributed by atoms with E-state index in [0.29, 0.717) is 11.6 Å². The highest BCUT2D eigenvalue weighted by Crippen LogP contribution is 2.25. The van der Waals surface area contributed by atoms with Gasteiger partial charge in [-0.05, 0) is 42.7 Å². The molecule has 1 amide bonds. The quantitative estimate of drug-likeness (QED) is 0.716. The minimum Gasteiger partial charge on any atom is -0.449 e. The van der Waals surface area contributed by atoms with Crippen LogP contribution in [-0.4, -0.2) is 18.0 Å². The molecule has 132 valence electrons. The Morgan fingerprint density at radius 3 is 2.04 bits per heavy atom. The van der Waals surface area contributed by atoms with E-state index in [9.17, 15) is 9.59 Å². The van der Waals surface area contributed by atoms with Crippen molar-refractivity contribution in [3.8, 4) is 0 Å². The second kappa shape index (κ2) is 8.37. The topological polar surface area (TPSA) is 55.4 Å². The van der Waals surface area contributed by atoms with Crippen LogP contribution in [0.15, 0.2) is 42.5 Å². The second-order valence-corrected chi connectivity index (χ2v) is 6.72. The number of hydrogen-bond donors (Lipinski definition) is 1. The van der Waals surface area contributed by atoms with Crippen molar-refractivity contribution in [1.29, 1.82) is 0 Å². The van der Waals surface area contributed by atoms with Crippen LogP contribution in [0.5, 0.6) is 0 Å². The highest BCUT2D eigenvalue weighted by atomic mass is 35.5. The van der Waals surface area contributed by atoms with E-state index in [-0.39, 0.29) is 15.6 Å². The Labute approximate surface area is 157 Å². The van der Waals surface area contributed by atoms with Crippen molar-refractivity contribution in [2.45, 2.75) is 32.8 Å². The van der Waals surface area contributed by atoms with Crippen LogP contribution in [0.25, 0.3) is 0 Å². The van der Waals surface area contributed by atoms with E-state index in [2.05, 4.69) is 19.2 Å². The Morgan fingerprint density at radius 1 is 0.960 bits per heavy atom. The maximum Gasteiger partial charge on any atom is 0.341 e. The zero-order valence-corrected chi connectivity index (χ0v) is 15.7. The standard InChI is InChI=1S/C19H19Cl2NO3/c1-11(2)13-7-9-14(10-8-13)22-18(23)12(3)25-19(24)17-15(20)5-4-6-16(17)21/h4-12H,1-3H3,(H,22,23)/t12-/m1/s1. The van der Waals surface area contributed by atoms with Crippen LogP contribution in [0.1, 0.15) is 42.6 Å². The van der Waals surface area contributed by atoms with Gasteiger partial charge in [0.2, 0.25) is 0 Å². The molecule has 1 atom stereocenters. The molecule has 0 aromatic heterocycles. The number of carbonyl (C=O) groups is 2. The fraction of sp³-hybridized carbons (Fsp3) is 0.263. The van der Waals surface area contributed by atoms with Gasteiger partial charge >= 0.3 is 5.97 Å². The molecule has 0 radical (unpaired) electrons. The zero-order chi connectivity index (χ0) is 18.6. The molecule has 0 fully saturated rings. The number of amides is 1. The summed E-state index contributed by atoms with van der Waals surface area (Å²) >= 11 is 11.9. The summed E-state index contributed by atoms with van der Waals surface area (Å²) in [5, 5.41) is 3.06. The molecule has 1 N–H and O–H groups in total. The number of rotatable bonds is 5. The number of halogens is 2. The third kappa shape index (κ3) is 4.97. The fourth-order valence-electron chi connectivity index (χ4n) is 2.16. The van der Waals surface area contributed by atoms with E-state index in [4.69, 9.17) is 27.9 Å². The van der Waals surface area contributed by atoms with E-state index in [1.165, 1.54) is 24.6 Å². The maximum absolute atomic E-state index is 12.2. The van der Waals surface area contributed by atoms with Gasteiger partial charge in [0.1, 0.15) is 0 Å². The van der Waals surface area contributed by atoms with Gasteiger partial charge in [0, 0.05) is 5.69 Å². The molecule has 2 aromatic carbocycles. The van der Waals surface area contributed by atoms with E-state index in [1.807, 2.05) is 24.3 Å². The van der Waals surface area contributed by atoms with Crippen LogP contribution >= 0.6 is 23.2 Å². The first-order valence-electron chi connectivity index (χ1n) is 7.85. The molecule has 0 aliphatic heterocycles. The Kier molecular flexibility index (Phi) is 6.45. The smallest absolute Gasteiger partial charge is 0.341 e. The van der Waals surface area contributed by atoms with Gasteiger partial charge in [-0.2, -0.15) is 0 Å². The van der Waals surface area contributed by atoms with E-state index >= 15 is 0 Å². The predicted molar refractivity (Wildman–Crippen MR) is 101 cm³/mol. The minimum absolute atomic E-state index is 0.0479. The molecular formula is C19H19Cl2NO3. The number of nitrogens with one attached hydrogen (secondary N) is 1. The van der Waals surface area contributed by atoms with Crippen molar-refractivity contribution in [3.63, 3.8) is 0 Å². The van der Waals surface area contributed by atoms with Crippen LogP contribution in [-0.2, 0) is 9.53 Å². The van der Waals surface area contributed by atoms with Crippen molar-refractivity contribution >= 4 is 40.8 Å². The fourth-order valence-corrected chi connectivity index (χ4v) is 2.71. The molecule has 0 saturated heterocycles. The van der Waals surface area contributed by atoms with Crippen molar-refractivity contribution in [1.82, 2.24) is 0 Å². The third-order valence-corrected chi connectivity index (χ3v) is 4.29. The van der Waals surface area contributed by atoms with Crippen LogP contribution < -0.4 is 5.32 Å². The molecule has 2 aromatic rings. The normalized spacial score (nSPS) is 11.9. The first kappa shape index (κ1) is 19.3. The predicted octanol–water partition coefficient (Wildman–Crippen LogP) is 5.30. The highest BCUT2D eigenvalue weighted by Gasteiger charge is 2.22.